The molecule has 5 nitrogen and oxygen atoms in total. The molecule has 0 spiro atoms. The maximum absolute atomic E-state index is 11.7. The van der Waals surface area contributed by atoms with Crippen LogP contribution in [0.5, 0.6) is 0 Å². The minimum absolute atomic E-state index is 0.197. The average molecular weight is 213 g/mol. The van der Waals surface area contributed by atoms with Gasteiger partial charge in [0, 0.05) is 19.1 Å². The lowest BCUT2D eigenvalue weighted by Crippen LogP contribution is -2.37. The van der Waals surface area contributed by atoms with E-state index in [0.29, 0.717) is 12.7 Å². The zero-order valence-electron chi connectivity index (χ0n) is 9.62. The number of carbonyl (C=O) groups is 1. The first-order valence-corrected chi connectivity index (χ1v) is 5.38. The summed E-state index contributed by atoms with van der Waals surface area (Å²) in [5.74, 6) is 0. The van der Waals surface area contributed by atoms with Crippen LogP contribution < -0.4 is 5.32 Å². The van der Waals surface area contributed by atoms with Crippen LogP contribution >= 0.6 is 0 Å². The molecule has 0 bridgehead atoms. The van der Waals surface area contributed by atoms with E-state index in [1.807, 2.05) is 20.8 Å². The number of hydrogen-bond acceptors (Lipinski definition) is 4. The van der Waals surface area contributed by atoms with Gasteiger partial charge in [0.15, 0.2) is 0 Å². The lowest BCUT2D eigenvalue weighted by Gasteiger charge is -2.24. The zero-order chi connectivity index (χ0) is 11.1. The number of fused-ring (bicyclic) bond motifs is 1. The largest absolute Gasteiger partial charge is 0.444 e. The molecule has 0 unspecified atom stereocenters. The van der Waals surface area contributed by atoms with Gasteiger partial charge in [-0.15, -0.1) is 0 Å². The van der Waals surface area contributed by atoms with Crippen LogP contribution in [0.15, 0.2) is 0 Å². The minimum atomic E-state index is -0.400. The van der Waals surface area contributed by atoms with Crippen LogP contribution in [-0.2, 0) is 4.74 Å². The summed E-state index contributed by atoms with van der Waals surface area (Å²) in [5.41, 5.74) is -0.400. The van der Waals surface area contributed by atoms with E-state index in [4.69, 9.17) is 4.74 Å². The summed E-state index contributed by atoms with van der Waals surface area (Å²) in [7, 11) is 0. The molecule has 0 aromatic rings. The highest BCUT2D eigenvalue weighted by Gasteiger charge is 2.37. The van der Waals surface area contributed by atoms with Crippen LogP contribution in [-0.4, -0.2) is 54.0 Å². The smallest absolute Gasteiger partial charge is 0.411 e. The molecule has 0 aliphatic carbocycles. The first kappa shape index (κ1) is 10.7. The van der Waals surface area contributed by atoms with E-state index in [-0.39, 0.29) is 6.09 Å². The van der Waals surface area contributed by atoms with Crippen molar-refractivity contribution < 1.29 is 9.53 Å². The van der Waals surface area contributed by atoms with Crippen molar-refractivity contribution in [1.82, 2.24) is 15.1 Å². The quantitative estimate of drug-likeness (QED) is 0.633. The van der Waals surface area contributed by atoms with Crippen LogP contribution in [0.2, 0.25) is 0 Å². The Morgan fingerprint density at radius 2 is 2.20 bits per heavy atom. The van der Waals surface area contributed by atoms with Gasteiger partial charge in [-0.05, 0) is 20.8 Å². The molecule has 15 heavy (non-hydrogen) atoms. The van der Waals surface area contributed by atoms with Crippen LogP contribution in [0.1, 0.15) is 20.8 Å². The lowest BCUT2D eigenvalue weighted by atomic mass is 10.2. The van der Waals surface area contributed by atoms with Crippen LogP contribution in [0.4, 0.5) is 4.79 Å². The predicted molar refractivity (Wildman–Crippen MR) is 56.3 cm³/mol. The van der Waals surface area contributed by atoms with Crippen molar-refractivity contribution in [3.63, 3.8) is 0 Å². The second-order valence-electron chi connectivity index (χ2n) is 5.20. The van der Waals surface area contributed by atoms with Gasteiger partial charge in [0.1, 0.15) is 5.60 Å². The normalized spacial score (nSPS) is 26.9. The van der Waals surface area contributed by atoms with Crippen molar-refractivity contribution in [1.29, 1.82) is 0 Å². The average Bonchev–Trinajstić information content (AvgIpc) is 2.56. The van der Waals surface area contributed by atoms with E-state index in [9.17, 15) is 4.79 Å². The van der Waals surface area contributed by atoms with Crippen molar-refractivity contribution in [2.75, 3.05) is 26.4 Å². The Labute approximate surface area is 90.4 Å². The number of carbonyl (C=O) groups excluding carboxylic acids is 1. The molecule has 2 heterocycles. The van der Waals surface area contributed by atoms with Crippen LogP contribution in [0.25, 0.3) is 0 Å². The van der Waals surface area contributed by atoms with Gasteiger partial charge >= 0.3 is 6.09 Å². The van der Waals surface area contributed by atoms with Crippen molar-refractivity contribution in [3.05, 3.63) is 0 Å². The van der Waals surface area contributed by atoms with Gasteiger partial charge in [-0.25, -0.2) is 4.79 Å². The van der Waals surface area contributed by atoms with Gasteiger partial charge in [-0.1, -0.05) is 0 Å². The number of amides is 1. The summed E-state index contributed by atoms with van der Waals surface area (Å²) in [6.45, 7) is 8.99. The van der Waals surface area contributed by atoms with E-state index in [0.717, 1.165) is 19.8 Å². The molecule has 2 aliphatic heterocycles. The summed E-state index contributed by atoms with van der Waals surface area (Å²) in [4.78, 5) is 15.8. The monoisotopic (exact) mass is 213 g/mol. The maximum Gasteiger partial charge on any atom is 0.411 e. The summed E-state index contributed by atoms with van der Waals surface area (Å²) in [6, 6.07) is 0.470. The Bertz CT molecular complexity index is 250. The number of nitrogens with zero attached hydrogens (tertiary/aromatic N) is 2. The number of hydrogen-bond donors (Lipinski definition) is 1. The molecular weight excluding hydrogens is 194 g/mol. The fourth-order valence-corrected chi connectivity index (χ4v) is 1.97. The Morgan fingerprint density at radius 3 is 2.80 bits per heavy atom. The molecule has 5 heteroatoms. The predicted octanol–water partition coefficient (Wildman–Crippen LogP) is 0.426. The molecule has 0 aromatic carbocycles. The van der Waals surface area contributed by atoms with Gasteiger partial charge in [0.25, 0.3) is 0 Å². The zero-order valence-corrected chi connectivity index (χ0v) is 9.62. The molecule has 1 atom stereocenters. The fraction of sp³-hybridized carbons (Fsp3) is 0.900. The second-order valence-corrected chi connectivity index (χ2v) is 5.20. The van der Waals surface area contributed by atoms with Gasteiger partial charge < -0.3 is 10.1 Å². The van der Waals surface area contributed by atoms with Gasteiger partial charge in [-0.2, -0.15) is 0 Å². The Hall–Kier alpha value is -0.810. The van der Waals surface area contributed by atoms with Crippen molar-refractivity contribution in [3.8, 4) is 0 Å². The first-order valence-electron chi connectivity index (χ1n) is 5.38. The van der Waals surface area contributed by atoms with Crippen molar-refractivity contribution in [2.45, 2.75) is 32.4 Å². The highest BCUT2D eigenvalue weighted by Crippen LogP contribution is 2.18. The summed E-state index contributed by atoms with van der Waals surface area (Å²) in [6.07, 6.45) is -0.197. The third-order valence-corrected chi connectivity index (χ3v) is 2.65. The molecular formula is C10H19N3O2. The van der Waals surface area contributed by atoms with Gasteiger partial charge in [0.05, 0.1) is 13.3 Å². The van der Waals surface area contributed by atoms with Crippen molar-refractivity contribution >= 4 is 6.09 Å². The van der Waals surface area contributed by atoms with E-state index in [2.05, 4.69) is 10.2 Å². The van der Waals surface area contributed by atoms with Crippen LogP contribution in [0, 0.1) is 0 Å². The van der Waals surface area contributed by atoms with E-state index < -0.39 is 5.60 Å². The standard InChI is InChI=1S/C10H19N3O2/c1-10(2,3)15-9(14)12-5-8-4-11-6-13(8)7-12/h8,11H,4-7H2,1-3H3/t8-/m0/s1. The SMILES string of the molecule is CC(C)(C)OC(=O)N1C[C@@H]2CNCN2C1. The highest BCUT2D eigenvalue weighted by atomic mass is 16.6. The molecule has 0 radical (unpaired) electrons. The molecule has 86 valence electrons. The molecule has 1 amide bonds. The Kier molecular flexibility index (Phi) is 2.60. The topological polar surface area (TPSA) is 44.8 Å². The Morgan fingerprint density at radius 1 is 1.47 bits per heavy atom. The molecule has 1 N–H and O–H groups in total. The fourth-order valence-electron chi connectivity index (χ4n) is 1.97. The summed E-state index contributed by atoms with van der Waals surface area (Å²) < 4.78 is 5.33. The van der Waals surface area contributed by atoms with Gasteiger partial charge in [0.2, 0.25) is 0 Å². The Balaban J connectivity index is 1.88. The van der Waals surface area contributed by atoms with Crippen LogP contribution in [0.3, 0.4) is 0 Å². The first-order chi connectivity index (χ1) is 6.96. The van der Waals surface area contributed by atoms with Gasteiger partial charge in [-0.3, -0.25) is 9.80 Å². The molecule has 2 fully saturated rings. The lowest BCUT2D eigenvalue weighted by molar-refractivity contribution is 0.0263. The van der Waals surface area contributed by atoms with E-state index >= 15 is 0 Å². The summed E-state index contributed by atoms with van der Waals surface area (Å²) in [5, 5.41) is 3.28. The molecule has 2 rings (SSSR count). The third kappa shape index (κ3) is 2.41. The van der Waals surface area contributed by atoms with E-state index in [1.165, 1.54) is 0 Å². The highest BCUT2D eigenvalue weighted by molar-refractivity contribution is 5.68. The second kappa shape index (κ2) is 3.64. The maximum atomic E-state index is 11.7. The van der Waals surface area contributed by atoms with E-state index in [1.54, 1.807) is 4.90 Å². The number of ether oxygens (including phenoxy) is 1. The molecule has 2 aliphatic rings. The molecule has 0 aromatic heterocycles. The number of rotatable bonds is 0. The molecule has 0 saturated carbocycles. The molecule has 2 saturated heterocycles. The minimum Gasteiger partial charge on any atom is -0.444 e. The third-order valence-electron chi connectivity index (χ3n) is 2.65. The number of nitrogens with one attached hydrogen (secondary N) is 1. The van der Waals surface area contributed by atoms with Crippen molar-refractivity contribution in [2.24, 2.45) is 0 Å². The summed E-state index contributed by atoms with van der Waals surface area (Å²) >= 11 is 0.